The minimum atomic E-state index is 0.244. The van der Waals surface area contributed by atoms with E-state index in [0.717, 1.165) is 29.4 Å². The number of rotatable bonds is 6. The zero-order valence-corrected chi connectivity index (χ0v) is 14.2. The Hall–Kier alpha value is -2.28. The first-order chi connectivity index (χ1) is 11.1. The number of nitrogens with one attached hydrogen (secondary N) is 1. The molecular weight excluding hydrogens is 310 g/mol. The molecule has 120 valence electrons. The van der Waals surface area contributed by atoms with Gasteiger partial charge < -0.3 is 9.84 Å². The second kappa shape index (κ2) is 6.87. The molecule has 3 aromatic rings. The molecular formula is C16H19N5OS. The molecule has 0 saturated carbocycles. The van der Waals surface area contributed by atoms with Crippen LogP contribution in [0, 0.1) is 6.92 Å². The Morgan fingerprint density at radius 3 is 2.87 bits per heavy atom. The van der Waals surface area contributed by atoms with Crippen LogP contribution in [0.25, 0.3) is 11.5 Å². The highest BCUT2D eigenvalue weighted by Gasteiger charge is 2.12. The summed E-state index contributed by atoms with van der Waals surface area (Å²) in [4.78, 5) is 14.3. The Labute approximate surface area is 139 Å². The van der Waals surface area contributed by atoms with Crippen LogP contribution in [0.15, 0.2) is 29.0 Å². The average molecular weight is 329 g/mol. The second-order valence-corrected chi connectivity index (χ2v) is 6.90. The predicted molar refractivity (Wildman–Crippen MR) is 90.7 cm³/mol. The summed E-state index contributed by atoms with van der Waals surface area (Å²) >= 11 is 1.72. The summed E-state index contributed by atoms with van der Waals surface area (Å²) in [6.45, 7) is 6.92. The minimum Gasteiger partial charge on any atom is -0.370 e. The minimum absolute atomic E-state index is 0.244. The van der Waals surface area contributed by atoms with Gasteiger partial charge in [-0.1, -0.05) is 19.0 Å². The number of hydrogen-bond donors (Lipinski definition) is 1. The summed E-state index contributed by atoms with van der Waals surface area (Å²) in [5.74, 6) is 2.27. The van der Waals surface area contributed by atoms with E-state index in [2.05, 4.69) is 32.3 Å². The Kier molecular flexibility index (Phi) is 4.66. The molecule has 0 aromatic carbocycles. The van der Waals surface area contributed by atoms with Gasteiger partial charge >= 0.3 is 0 Å². The van der Waals surface area contributed by atoms with E-state index >= 15 is 0 Å². The van der Waals surface area contributed by atoms with Gasteiger partial charge in [0.25, 0.3) is 5.89 Å². The summed E-state index contributed by atoms with van der Waals surface area (Å²) in [6.07, 6.45) is 4.52. The van der Waals surface area contributed by atoms with Gasteiger partial charge in [-0.3, -0.25) is 0 Å². The lowest BCUT2D eigenvalue weighted by molar-refractivity contribution is 0.419. The SMILES string of the molecule is Cc1cnc(CCNc2cc(-c3nc(C(C)C)no3)ccn2)s1. The van der Waals surface area contributed by atoms with Crippen molar-refractivity contribution in [1.82, 2.24) is 20.1 Å². The molecule has 0 radical (unpaired) electrons. The predicted octanol–water partition coefficient (Wildman–Crippen LogP) is 3.67. The number of aryl methyl sites for hydroxylation is 1. The molecule has 6 nitrogen and oxygen atoms in total. The van der Waals surface area contributed by atoms with E-state index in [-0.39, 0.29) is 5.92 Å². The number of nitrogens with zero attached hydrogens (tertiary/aromatic N) is 4. The van der Waals surface area contributed by atoms with Crippen LogP contribution in [-0.4, -0.2) is 26.7 Å². The smallest absolute Gasteiger partial charge is 0.258 e. The maximum Gasteiger partial charge on any atom is 0.258 e. The number of pyridine rings is 1. The number of thiazole rings is 1. The van der Waals surface area contributed by atoms with Gasteiger partial charge in [0.15, 0.2) is 5.82 Å². The molecule has 0 spiro atoms. The normalized spacial score (nSPS) is 11.1. The quantitative estimate of drug-likeness (QED) is 0.743. The monoisotopic (exact) mass is 329 g/mol. The largest absolute Gasteiger partial charge is 0.370 e. The number of anilines is 1. The third-order valence-corrected chi connectivity index (χ3v) is 4.25. The van der Waals surface area contributed by atoms with Crippen molar-refractivity contribution in [2.45, 2.75) is 33.1 Å². The number of hydrogen-bond acceptors (Lipinski definition) is 7. The van der Waals surface area contributed by atoms with Crippen molar-refractivity contribution in [3.05, 3.63) is 40.2 Å². The van der Waals surface area contributed by atoms with Crippen molar-refractivity contribution in [1.29, 1.82) is 0 Å². The van der Waals surface area contributed by atoms with E-state index in [4.69, 9.17) is 4.52 Å². The molecule has 0 fully saturated rings. The summed E-state index contributed by atoms with van der Waals surface area (Å²) in [7, 11) is 0. The fourth-order valence-corrected chi connectivity index (χ4v) is 2.85. The molecule has 0 saturated heterocycles. The average Bonchev–Trinajstić information content (AvgIpc) is 3.17. The summed E-state index contributed by atoms with van der Waals surface area (Å²) in [6, 6.07) is 3.79. The fourth-order valence-electron chi connectivity index (χ4n) is 2.06. The van der Waals surface area contributed by atoms with Gasteiger partial charge in [0.1, 0.15) is 5.82 Å². The molecule has 1 N–H and O–H groups in total. The van der Waals surface area contributed by atoms with Gasteiger partial charge in [0.2, 0.25) is 0 Å². The molecule has 3 rings (SSSR count). The third-order valence-electron chi connectivity index (χ3n) is 3.28. The highest BCUT2D eigenvalue weighted by molar-refractivity contribution is 7.11. The Morgan fingerprint density at radius 2 is 2.17 bits per heavy atom. The van der Waals surface area contributed by atoms with Crippen molar-refractivity contribution in [2.75, 3.05) is 11.9 Å². The molecule has 0 atom stereocenters. The van der Waals surface area contributed by atoms with Crippen LogP contribution in [0.1, 0.15) is 35.5 Å². The summed E-state index contributed by atoms with van der Waals surface area (Å²) in [5, 5.41) is 8.43. The first-order valence-electron chi connectivity index (χ1n) is 7.57. The summed E-state index contributed by atoms with van der Waals surface area (Å²) < 4.78 is 5.32. The molecule has 0 amide bonds. The Morgan fingerprint density at radius 1 is 1.30 bits per heavy atom. The van der Waals surface area contributed by atoms with Gasteiger partial charge in [-0.2, -0.15) is 4.98 Å². The van der Waals surface area contributed by atoms with Crippen LogP contribution in [0.2, 0.25) is 0 Å². The zero-order valence-electron chi connectivity index (χ0n) is 13.4. The Balaban J connectivity index is 1.64. The van der Waals surface area contributed by atoms with Gasteiger partial charge in [-0.15, -0.1) is 11.3 Å². The van der Waals surface area contributed by atoms with Gasteiger partial charge in [0.05, 0.1) is 5.01 Å². The van der Waals surface area contributed by atoms with Crippen LogP contribution in [0.3, 0.4) is 0 Å². The van der Waals surface area contributed by atoms with Gasteiger partial charge in [-0.25, -0.2) is 9.97 Å². The van der Waals surface area contributed by atoms with Crippen molar-refractivity contribution in [3.8, 4) is 11.5 Å². The molecule has 7 heteroatoms. The first kappa shape index (κ1) is 15.6. The number of aromatic nitrogens is 4. The summed E-state index contributed by atoms with van der Waals surface area (Å²) in [5.41, 5.74) is 0.868. The van der Waals surface area contributed by atoms with Crippen LogP contribution < -0.4 is 5.32 Å². The van der Waals surface area contributed by atoms with E-state index in [1.165, 1.54) is 4.88 Å². The maximum atomic E-state index is 5.32. The molecule has 0 aliphatic heterocycles. The van der Waals surface area contributed by atoms with E-state index in [0.29, 0.717) is 11.7 Å². The highest BCUT2D eigenvalue weighted by atomic mass is 32.1. The Bertz CT molecular complexity index is 780. The van der Waals surface area contributed by atoms with Crippen molar-refractivity contribution in [2.24, 2.45) is 0 Å². The molecule has 3 aromatic heterocycles. The first-order valence-corrected chi connectivity index (χ1v) is 8.38. The lowest BCUT2D eigenvalue weighted by Gasteiger charge is -2.04. The lowest BCUT2D eigenvalue weighted by Crippen LogP contribution is -2.06. The van der Waals surface area contributed by atoms with Crippen LogP contribution in [-0.2, 0) is 6.42 Å². The topological polar surface area (TPSA) is 76.7 Å². The standard InChI is InChI=1S/C16H19N5OS/c1-10(2)15-20-16(22-21-15)12-4-6-17-13(8-12)18-7-5-14-19-9-11(3)23-14/h4,6,8-10H,5,7H2,1-3H3,(H,17,18). The van der Waals surface area contributed by atoms with Crippen molar-refractivity contribution < 1.29 is 4.52 Å². The van der Waals surface area contributed by atoms with E-state index in [9.17, 15) is 0 Å². The van der Waals surface area contributed by atoms with Crippen LogP contribution in [0.5, 0.6) is 0 Å². The molecule has 0 unspecified atom stereocenters. The lowest BCUT2D eigenvalue weighted by atomic mass is 10.2. The molecule has 0 aliphatic rings. The molecule has 0 aliphatic carbocycles. The van der Waals surface area contributed by atoms with E-state index < -0.39 is 0 Å². The zero-order chi connectivity index (χ0) is 16.2. The highest BCUT2D eigenvalue weighted by Crippen LogP contribution is 2.21. The van der Waals surface area contributed by atoms with Crippen molar-refractivity contribution in [3.63, 3.8) is 0 Å². The molecule has 23 heavy (non-hydrogen) atoms. The molecule has 3 heterocycles. The van der Waals surface area contributed by atoms with Gasteiger partial charge in [-0.05, 0) is 19.1 Å². The van der Waals surface area contributed by atoms with Gasteiger partial charge in [0, 0.05) is 41.7 Å². The van der Waals surface area contributed by atoms with E-state index in [1.54, 1.807) is 17.5 Å². The third kappa shape index (κ3) is 3.92. The fraction of sp³-hybridized carbons (Fsp3) is 0.375. The van der Waals surface area contributed by atoms with E-state index in [1.807, 2.05) is 32.2 Å². The maximum absolute atomic E-state index is 5.32. The second-order valence-electron chi connectivity index (χ2n) is 5.58. The van der Waals surface area contributed by atoms with Crippen LogP contribution in [0.4, 0.5) is 5.82 Å². The van der Waals surface area contributed by atoms with Crippen molar-refractivity contribution >= 4 is 17.2 Å². The molecule has 0 bridgehead atoms. The van der Waals surface area contributed by atoms with Crippen LogP contribution >= 0.6 is 11.3 Å².